The third-order valence-electron chi connectivity index (χ3n) is 4.98. The highest BCUT2D eigenvalue weighted by Crippen LogP contribution is 2.50. The molecule has 0 fully saturated rings. The second-order valence-corrected chi connectivity index (χ2v) is 8.38. The second-order valence-electron chi connectivity index (χ2n) is 7.52. The van der Waals surface area contributed by atoms with E-state index in [4.69, 9.17) is 0 Å². The van der Waals surface area contributed by atoms with E-state index in [1.165, 1.54) is 0 Å². The summed E-state index contributed by atoms with van der Waals surface area (Å²) >= 11 is 3.67. The van der Waals surface area contributed by atoms with Gasteiger partial charge in [0.05, 0.1) is 0 Å². The molecule has 1 aliphatic carbocycles. The van der Waals surface area contributed by atoms with Crippen LogP contribution in [0.5, 0.6) is 0 Å². The van der Waals surface area contributed by atoms with Crippen LogP contribution in [0.15, 0.2) is 40.0 Å². The molecule has 124 valence electrons. The first-order valence-electron chi connectivity index (χ1n) is 8.20. The number of nitrogens with zero attached hydrogens (tertiary/aromatic N) is 1. The molecule has 1 aliphatic heterocycles. The number of hydrogen-bond acceptors (Lipinski definition) is 3. The van der Waals surface area contributed by atoms with Crippen LogP contribution in [0.4, 0.5) is 5.82 Å². The molecule has 2 N–H and O–H groups in total. The normalized spacial score (nSPS) is 22.0. The molecule has 1 aromatic heterocycles. The Morgan fingerprint density at radius 2 is 2.00 bits per heavy atom. The SMILES string of the molecule is Cc1[nH]nc2c1[C@H](c1ccccc1Br)C1=C(CC(C)(C)CC1=O)N2. The molecule has 1 aromatic carbocycles. The second kappa shape index (κ2) is 5.31. The Morgan fingerprint density at radius 3 is 2.75 bits per heavy atom. The van der Waals surface area contributed by atoms with Gasteiger partial charge in [0.1, 0.15) is 0 Å². The molecule has 2 heterocycles. The van der Waals surface area contributed by atoms with E-state index in [2.05, 4.69) is 51.4 Å². The number of aromatic nitrogens is 2. The van der Waals surface area contributed by atoms with Gasteiger partial charge in [-0.15, -0.1) is 0 Å². The van der Waals surface area contributed by atoms with Crippen LogP contribution >= 0.6 is 15.9 Å². The summed E-state index contributed by atoms with van der Waals surface area (Å²) < 4.78 is 1.02. The zero-order valence-corrected chi connectivity index (χ0v) is 15.6. The summed E-state index contributed by atoms with van der Waals surface area (Å²) in [7, 11) is 0. The predicted molar refractivity (Wildman–Crippen MR) is 98.0 cm³/mol. The number of nitrogens with one attached hydrogen (secondary N) is 2. The number of H-pyrrole nitrogens is 1. The van der Waals surface area contributed by atoms with Crippen LogP contribution in [-0.2, 0) is 4.79 Å². The van der Waals surface area contributed by atoms with Crippen molar-refractivity contribution in [1.29, 1.82) is 0 Å². The van der Waals surface area contributed by atoms with Crippen LogP contribution in [0.3, 0.4) is 0 Å². The smallest absolute Gasteiger partial charge is 0.162 e. The van der Waals surface area contributed by atoms with Gasteiger partial charge >= 0.3 is 0 Å². The molecular weight excluding hydrogens is 366 g/mol. The van der Waals surface area contributed by atoms with Gasteiger partial charge in [-0.2, -0.15) is 5.10 Å². The third-order valence-corrected chi connectivity index (χ3v) is 5.70. The molecule has 2 aromatic rings. The van der Waals surface area contributed by atoms with Crippen molar-refractivity contribution in [3.8, 4) is 0 Å². The number of carbonyl (C=O) groups is 1. The van der Waals surface area contributed by atoms with Crippen LogP contribution in [0.25, 0.3) is 0 Å². The molecule has 0 saturated heterocycles. The fourth-order valence-corrected chi connectivity index (χ4v) is 4.49. The van der Waals surface area contributed by atoms with Gasteiger partial charge in [0.15, 0.2) is 11.6 Å². The summed E-state index contributed by atoms with van der Waals surface area (Å²) in [6.45, 7) is 6.31. The molecule has 0 spiro atoms. The first kappa shape index (κ1) is 15.6. The first-order chi connectivity index (χ1) is 11.4. The van der Waals surface area contributed by atoms with Crippen LogP contribution in [0, 0.1) is 12.3 Å². The van der Waals surface area contributed by atoms with Crippen molar-refractivity contribution < 1.29 is 4.79 Å². The average molecular weight is 386 g/mol. The van der Waals surface area contributed by atoms with E-state index in [-0.39, 0.29) is 17.1 Å². The molecule has 24 heavy (non-hydrogen) atoms. The Bertz CT molecular complexity index is 878. The van der Waals surface area contributed by atoms with E-state index < -0.39 is 0 Å². The van der Waals surface area contributed by atoms with E-state index in [0.29, 0.717) is 6.42 Å². The van der Waals surface area contributed by atoms with Crippen LogP contribution < -0.4 is 5.32 Å². The number of allylic oxidation sites excluding steroid dienone is 2. The zero-order chi connectivity index (χ0) is 17.1. The number of fused-ring (bicyclic) bond motifs is 1. The van der Waals surface area contributed by atoms with Crippen molar-refractivity contribution in [1.82, 2.24) is 10.2 Å². The van der Waals surface area contributed by atoms with E-state index >= 15 is 0 Å². The lowest BCUT2D eigenvalue weighted by molar-refractivity contribution is -0.118. The van der Waals surface area contributed by atoms with Crippen molar-refractivity contribution in [2.45, 2.75) is 39.5 Å². The number of benzene rings is 1. The van der Waals surface area contributed by atoms with E-state index in [1.54, 1.807) is 0 Å². The molecule has 4 nitrogen and oxygen atoms in total. The highest BCUT2D eigenvalue weighted by Gasteiger charge is 2.42. The topological polar surface area (TPSA) is 57.8 Å². The number of aryl methyl sites for hydroxylation is 1. The van der Waals surface area contributed by atoms with Gasteiger partial charge < -0.3 is 5.32 Å². The minimum atomic E-state index is -0.0748. The monoisotopic (exact) mass is 385 g/mol. The fraction of sp³-hybridized carbons (Fsp3) is 0.368. The number of aromatic amines is 1. The number of Topliss-reactive ketones (excluding diaryl/α,β-unsaturated/α-hetero) is 1. The minimum absolute atomic E-state index is 0.0236. The Hall–Kier alpha value is -1.88. The largest absolute Gasteiger partial charge is 0.342 e. The third kappa shape index (κ3) is 2.34. The first-order valence-corrected chi connectivity index (χ1v) is 8.99. The number of halogens is 1. The Kier molecular flexibility index (Phi) is 3.46. The average Bonchev–Trinajstić information content (AvgIpc) is 2.86. The van der Waals surface area contributed by atoms with Crippen LogP contribution in [-0.4, -0.2) is 16.0 Å². The highest BCUT2D eigenvalue weighted by atomic mass is 79.9. The number of ketones is 1. The lowest BCUT2D eigenvalue weighted by atomic mass is 9.69. The van der Waals surface area contributed by atoms with Crippen LogP contribution in [0.2, 0.25) is 0 Å². The lowest BCUT2D eigenvalue weighted by Crippen LogP contribution is -2.33. The number of anilines is 1. The van der Waals surface area contributed by atoms with Gasteiger partial charge in [0, 0.05) is 39.3 Å². The van der Waals surface area contributed by atoms with Crippen molar-refractivity contribution in [2.24, 2.45) is 5.41 Å². The quantitative estimate of drug-likeness (QED) is 0.748. The standard InChI is InChI=1S/C19H20BrN3O/c1-10-15-16(11-6-4-5-7-12(11)20)17-13(21-18(15)23-22-10)8-19(2,3)9-14(17)24/h4-7,16H,8-9H2,1-3H3,(H2,21,22,23)/t16-/m0/s1. The van der Waals surface area contributed by atoms with Gasteiger partial charge in [0.25, 0.3) is 0 Å². The summed E-state index contributed by atoms with van der Waals surface area (Å²) in [5.41, 5.74) is 5.10. The number of hydrogen-bond donors (Lipinski definition) is 2. The zero-order valence-electron chi connectivity index (χ0n) is 14.0. The van der Waals surface area contributed by atoms with Crippen molar-refractivity contribution in [2.75, 3.05) is 5.32 Å². The van der Waals surface area contributed by atoms with Crippen molar-refractivity contribution >= 4 is 27.5 Å². The van der Waals surface area contributed by atoms with E-state index in [0.717, 1.165) is 44.8 Å². The molecule has 0 saturated carbocycles. The maximum Gasteiger partial charge on any atom is 0.162 e. The maximum atomic E-state index is 13.0. The van der Waals surface area contributed by atoms with E-state index in [9.17, 15) is 4.79 Å². The van der Waals surface area contributed by atoms with Gasteiger partial charge in [0.2, 0.25) is 0 Å². The predicted octanol–water partition coefficient (Wildman–Crippen LogP) is 4.68. The van der Waals surface area contributed by atoms with Gasteiger partial charge in [-0.1, -0.05) is 48.0 Å². The summed E-state index contributed by atoms with van der Waals surface area (Å²) in [5, 5.41) is 10.9. The highest BCUT2D eigenvalue weighted by molar-refractivity contribution is 9.10. The maximum absolute atomic E-state index is 13.0. The molecule has 4 rings (SSSR count). The Balaban J connectivity index is 1.97. The summed E-state index contributed by atoms with van der Waals surface area (Å²) in [5.74, 6) is 1.01. The minimum Gasteiger partial charge on any atom is -0.342 e. The van der Waals surface area contributed by atoms with Gasteiger partial charge in [-0.05, 0) is 30.4 Å². The number of carbonyl (C=O) groups excluding carboxylic acids is 1. The van der Waals surface area contributed by atoms with Gasteiger partial charge in [-0.25, -0.2) is 0 Å². The molecule has 0 unspecified atom stereocenters. The molecule has 1 atom stereocenters. The van der Waals surface area contributed by atoms with Crippen LogP contribution in [0.1, 0.15) is 49.4 Å². The summed E-state index contributed by atoms with van der Waals surface area (Å²) in [6.07, 6.45) is 1.45. The number of rotatable bonds is 1. The van der Waals surface area contributed by atoms with E-state index in [1.807, 2.05) is 25.1 Å². The molecule has 0 radical (unpaired) electrons. The summed E-state index contributed by atoms with van der Waals surface area (Å²) in [6, 6.07) is 8.14. The van der Waals surface area contributed by atoms with Crippen molar-refractivity contribution in [3.63, 3.8) is 0 Å². The lowest BCUT2D eigenvalue weighted by Gasteiger charge is -2.38. The molecule has 0 amide bonds. The van der Waals surface area contributed by atoms with Gasteiger partial charge in [-0.3, -0.25) is 9.89 Å². The Morgan fingerprint density at radius 1 is 1.25 bits per heavy atom. The van der Waals surface area contributed by atoms with Crippen molar-refractivity contribution in [3.05, 3.63) is 56.8 Å². The Labute approximate surface area is 149 Å². The fourth-order valence-electron chi connectivity index (χ4n) is 3.97. The summed E-state index contributed by atoms with van der Waals surface area (Å²) in [4.78, 5) is 13.0. The molecular formula is C19H20BrN3O. The molecule has 2 aliphatic rings. The molecule has 5 heteroatoms. The molecule has 0 bridgehead atoms.